The molecule has 1 aliphatic rings. The molecule has 1 atom stereocenters. The molecule has 0 aliphatic carbocycles. The minimum Gasteiger partial charge on any atom is -0.326 e. The number of halogens is 1. The molecule has 1 aliphatic heterocycles. The van der Waals surface area contributed by atoms with Gasteiger partial charge in [-0.15, -0.1) is 0 Å². The average Bonchev–Trinajstić information content (AvgIpc) is 2.55. The molecule has 118 valence electrons. The molecule has 5 heteroatoms. The third kappa shape index (κ3) is 3.99. The van der Waals surface area contributed by atoms with Crippen LogP contribution in [0.25, 0.3) is 0 Å². The summed E-state index contributed by atoms with van der Waals surface area (Å²) >= 11 is 3.36. The van der Waals surface area contributed by atoms with E-state index in [0.29, 0.717) is 19.3 Å². The van der Waals surface area contributed by atoms with Crippen molar-refractivity contribution in [3.05, 3.63) is 58.6 Å². The van der Waals surface area contributed by atoms with Crippen molar-refractivity contribution in [2.75, 3.05) is 10.6 Å². The van der Waals surface area contributed by atoms with Crippen LogP contribution in [0.5, 0.6) is 0 Å². The van der Waals surface area contributed by atoms with Crippen molar-refractivity contribution >= 4 is 39.1 Å². The van der Waals surface area contributed by atoms with Crippen LogP contribution >= 0.6 is 15.9 Å². The maximum Gasteiger partial charge on any atom is 0.227 e. The summed E-state index contributed by atoms with van der Waals surface area (Å²) < 4.78 is 0.966. The predicted molar refractivity (Wildman–Crippen MR) is 94.3 cm³/mol. The van der Waals surface area contributed by atoms with Crippen molar-refractivity contribution in [3.8, 4) is 0 Å². The molecule has 0 saturated heterocycles. The highest BCUT2D eigenvalue weighted by molar-refractivity contribution is 9.10. The first-order valence-electron chi connectivity index (χ1n) is 7.56. The van der Waals surface area contributed by atoms with E-state index in [1.807, 2.05) is 48.5 Å². The lowest BCUT2D eigenvalue weighted by molar-refractivity contribution is -0.121. The van der Waals surface area contributed by atoms with E-state index in [2.05, 4.69) is 26.6 Å². The monoisotopic (exact) mass is 372 g/mol. The Hall–Kier alpha value is -2.14. The Bertz CT molecular complexity index is 728. The molecule has 2 N–H and O–H groups in total. The fourth-order valence-corrected chi connectivity index (χ4v) is 2.97. The summed E-state index contributed by atoms with van der Waals surface area (Å²) in [5.74, 6) is -0.223. The van der Waals surface area contributed by atoms with Crippen molar-refractivity contribution in [1.82, 2.24) is 0 Å². The Morgan fingerprint density at radius 2 is 1.91 bits per heavy atom. The largest absolute Gasteiger partial charge is 0.326 e. The van der Waals surface area contributed by atoms with E-state index < -0.39 is 0 Å². The molecule has 0 fully saturated rings. The van der Waals surface area contributed by atoms with Crippen molar-refractivity contribution < 1.29 is 9.59 Å². The first kappa shape index (κ1) is 15.7. The number of carbonyl (C=O) groups excluding carboxylic acids is 2. The van der Waals surface area contributed by atoms with Gasteiger partial charge in [0.25, 0.3) is 0 Å². The second kappa shape index (κ2) is 6.96. The number of hydrogen-bond donors (Lipinski definition) is 2. The Balaban J connectivity index is 1.55. The van der Waals surface area contributed by atoms with Gasteiger partial charge in [-0.1, -0.05) is 34.1 Å². The van der Waals surface area contributed by atoms with E-state index in [9.17, 15) is 9.59 Å². The smallest absolute Gasteiger partial charge is 0.227 e. The van der Waals surface area contributed by atoms with Crippen LogP contribution in [0.1, 0.15) is 18.4 Å². The summed E-state index contributed by atoms with van der Waals surface area (Å²) in [5, 5.41) is 5.76. The van der Waals surface area contributed by atoms with Crippen molar-refractivity contribution in [2.45, 2.75) is 19.3 Å². The molecular weight excluding hydrogens is 356 g/mol. The third-order valence-corrected chi connectivity index (χ3v) is 4.49. The summed E-state index contributed by atoms with van der Waals surface area (Å²) in [6, 6.07) is 15.2. The van der Waals surface area contributed by atoms with Gasteiger partial charge in [-0.05, 0) is 48.7 Å². The minimum absolute atomic E-state index is 0.000131. The van der Waals surface area contributed by atoms with Crippen molar-refractivity contribution in [1.29, 1.82) is 0 Å². The number of fused-ring (bicyclic) bond motifs is 1. The highest BCUT2D eigenvalue weighted by Gasteiger charge is 2.26. The first-order valence-corrected chi connectivity index (χ1v) is 8.35. The molecule has 23 heavy (non-hydrogen) atoms. The van der Waals surface area contributed by atoms with E-state index in [4.69, 9.17) is 0 Å². The van der Waals surface area contributed by atoms with E-state index in [0.717, 1.165) is 21.4 Å². The third-order valence-electron chi connectivity index (χ3n) is 3.96. The van der Waals surface area contributed by atoms with Crippen LogP contribution in [0, 0.1) is 5.92 Å². The Morgan fingerprint density at radius 3 is 2.70 bits per heavy atom. The van der Waals surface area contributed by atoms with Gasteiger partial charge >= 0.3 is 0 Å². The molecule has 2 aromatic carbocycles. The molecular formula is C18H17BrN2O2. The molecule has 0 bridgehead atoms. The topological polar surface area (TPSA) is 58.2 Å². The SMILES string of the molecule is O=C(CCC1Cc2ccccc2NC1=O)Nc1ccc(Br)cc1. The molecule has 4 nitrogen and oxygen atoms in total. The van der Waals surface area contributed by atoms with Gasteiger partial charge in [0, 0.05) is 28.2 Å². The number of amides is 2. The van der Waals surface area contributed by atoms with Crippen LogP contribution in [-0.2, 0) is 16.0 Å². The van der Waals surface area contributed by atoms with Crippen LogP contribution in [-0.4, -0.2) is 11.8 Å². The Kier molecular flexibility index (Phi) is 4.76. The van der Waals surface area contributed by atoms with Gasteiger partial charge in [-0.25, -0.2) is 0 Å². The number of rotatable bonds is 4. The lowest BCUT2D eigenvalue weighted by atomic mass is 9.89. The number of hydrogen-bond acceptors (Lipinski definition) is 2. The van der Waals surface area contributed by atoms with E-state index in [-0.39, 0.29) is 17.7 Å². The van der Waals surface area contributed by atoms with Crippen LogP contribution < -0.4 is 10.6 Å². The lowest BCUT2D eigenvalue weighted by Gasteiger charge is -2.24. The molecule has 0 spiro atoms. The second-order valence-electron chi connectivity index (χ2n) is 5.64. The van der Waals surface area contributed by atoms with Crippen LogP contribution in [0.4, 0.5) is 11.4 Å². The second-order valence-corrected chi connectivity index (χ2v) is 6.56. The fourth-order valence-electron chi connectivity index (χ4n) is 2.71. The number of nitrogens with one attached hydrogen (secondary N) is 2. The Morgan fingerprint density at radius 1 is 1.17 bits per heavy atom. The standard InChI is InChI=1S/C18H17BrN2O2/c19-14-6-8-15(9-7-14)20-17(22)10-5-13-11-12-3-1-2-4-16(12)21-18(13)23/h1-4,6-9,13H,5,10-11H2,(H,20,22)(H,21,23). The van der Waals surface area contributed by atoms with Crippen LogP contribution in [0.2, 0.25) is 0 Å². The highest BCUT2D eigenvalue weighted by Crippen LogP contribution is 2.27. The summed E-state index contributed by atoms with van der Waals surface area (Å²) in [5.41, 5.74) is 2.77. The maximum absolute atomic E-state index is 12.1. The average molecular weight is 373 g/mol. The molecule has 0 saturated carbocycles. The number of para-hydroxylation sites is 1. The number of carbonyl (C=O) groups is 2. The zero-order chi connectivity index (χ0) is 16.2. The number of benzene rings is 2. The fraction of sp³-hybridized carbons (Fsp3) is 0.222. The quantitative estimate of drug-likeness (QED) is 0.852. The van der Waals surface area contributed by atoms with Crippen LogP contribution in [0.15, 0.2) is 53.0 Å². The molecule has 0 radical (unpaired) electrons. The summed E-state index contributed by atoms with van der Waals surface area (Å²) in [6.45, 7) is 0. The Labute approximate surface area is 143 Å². The zero-order valence-electron chi connectivity index (χ0n) is 12.5. The summed E-state index contributed by atoms with van der Waals surface area (Å²) in [7, 11) is 0. The van der Waals surface area contributed by atoms with Gasteiger partial charge in [0.15, 0.2) is 0 Å². The van der Waals surface area contributed by atoms with E-state index >= 15 is 0 Å². The molecule has 2 aromatic rings. The molecule has 1 unspecified atom stereocenters. The van der Waals surface area contributed by atoms with Gasteiger partial charge in [0.1, 0.15) is 0 Å². The minimum atomic E-state index is -0.152. The van der Waals surface area contributed by atoms with Crippen LogP contribution in [0.3, 0.4) is 0 Å². The highest BCUT2D eigenvalue weighted by atomic mass is 79.9. The van der Waals surface area contributed by atoms with Gasteiger partial charge in [-0.2, -0.15) is 0 Å². The molecule has 3 rings (SSSR count). The lowest BCUT2D eigenvalue weighted by Crippen LogP contribution is -2.30. The number of anilines is 2. The van der Waals surface area contributed by atoms with Crippen molar-refractivity contribution in [3.63, 3.8) is 0 Å². The normalized spacial score (nSPS) is 16.4. The van der Waals surface area contributed by atoms with Gasteiger partial charge < -0.3 is 10.6 Å². The van der Waals surface area contributed by atoms with Gasteiger partial charge in [-0.3, -0.25) is 9.59 Å². The zero-order valence-corrected chi connectivity index (χ0v) is 14.1. The summed E-state index contributed by atoms with van der Waals surface area (Å²) in [4.78, 5) is 24.2. The van der Waals surface area contributed by atoms with Crippen molar-refractivity contribution in [2.24, 2.45) is 5.92 Å². The van der Waals surface area contributed by atoms with Gasteiger partial charge in [0.2, 0.25) is 11.8 Å². The molecule has 2 amide bonds. The van der Waals surface area contributed by atoms with Gasteiger partial charge in [0.05, 0.1) is 0 Å². The maximum atomic E-state index is 12.1. The van der Waals surface area contributed by atoms with E-state index in [1.54, 1.807) is 0 Å². The first-order chi connectivity index (χ1) is 11.1. The van der Waals surface area contributed by atoms with E-state index in [1.165, 1.54) is 0 Å². The molecule has 1 heterocycles. The summed E-state index contributed by atoms with van der Waals surface area (Å²) in [6.07, 6.45) is 1.56. The predicted octanol–water partition coefficient (Wildman–Crippen LogP) is 3.98. The molecule has 0 aromatic heterocycles.